The van der Waals surface area contributed by atoms with Gasteiger partial charge in [-0.2, -0.15) is 4.72 Å². The van der Waals surface area contributed by atoms with Crippen LogP contribution in [0.25, 0.3) is 0 Å². The van der Waals surface area contributed by atoms with E-state index in [2.05, 4.69) is 22.5 Å². The number of sulfonamides is 1. The van der Waals surface area contributed by atoms with E-state index in [9.17, 15) is 13.2 Å². The molecule has 2 aliphatic rings. The number of carbonyl (C=O) groups is 1. The van der Waals surface area contributed by atoms with Crippen LogP contribution < -0.4 is 4.72 Å². The average molecular weight is 389 g/mol. The molecule has 1 aromatic carbocycles. The van der Waals surface area contributed by atoms with Crippen molar-refractivity contribution in [2.24, 2.45) is 5.92 Å². The first-order valence-electron chi connectivity index (χ1n) is 9.82. The SMILES string of the molecule is C#CCNS(=O)(=O)c1ccc(C(=O)N(C2CCC(CC)CC2)C2CC2)cc1. The minimum atomic E-state index is -3.64. The normalized spacial score (nSPS) is 22.8. The Labute approximate surface area is 162 Å². The third-order valence-electron chi connectivity index (χ3n) is 5.74. The molecule has 0 spiro atoms. The van der Waals surface area contributed by atoms with E-state index in [-0.39, 0.29) is 17.3 Å². The van der Waals surface area contributed by atoms with E-state index in [1.165, 1.54) is 31.4 Å². The highest BCUT2D eigenvalue weighted by Gasteiger charge is 2.39. The van der Waals surface area contributed by atoms with Crippen molar-refractivity contribution in [3.05, 3.63) is 29.8 Å². The molecular formula is C21H28N2O3S. The maximum absolute atomic E-state index is 13.1. The molecule has 0 radical (unpaired) electrons. The summed E-state index contributed by atoms with van der Waals surface area (Å²) in [6, 6.07) is 6.84. The first kappa shape index (κ1) is 19.9. The zero-order valence-electron chi connectivity index (χ0n) is 15.9. The number of hydrogen-bond acceptors (Lipinski definition) is 3. The van der Waals surface area contributed by atoms with E-state index in [4.69, 9.17) is 6.42 Å². The van der Waals surface area contributed by atoms with Crippen molar-refractivity contribution < 1.29 is 13.2 Å². The summed E-state index contributed by atoms with van der Waals surface area (Å²) in [6.45, 7) is 2.18. The van der Waals surface area contributed by atoms with Crippen LogP contribution in [-0.4, -0.2) is 37.9 Å². The van der Waals surface area contributed by atoms with Crippen LogP contribution in [-0.2, 0) is 10.0 Å². The van der Waals surface area contributed by atoms with Gasteiger partial charge in [-0.05, 0) is 68.7 Å². The molecule has 2 fully saturated rings. The largest absolute Gasteiger partial charge is 0.333 e. The molecule has 0 aromatic heterocycles. The van der Waals surface area contributed by atoms with E-state index in [1.807, 2.05) is 0 Å². The van der Waals surface area contributed by atoms with Gasteiger partial charge >= 0.3 is 0 Å². The second kappa shape index (κ2) is 8.45. The van der Waals surface area contributed by atoms with Crippen molar-refractivity contribution in [1.82, 2.24) is 9.62 Å². The number of nitrogens with zero attached hydrogens (tertiary/aromatic N) is 1. The van der Waals surface area contributed by atoms with Gasteiger partial charge in [0.15, 0.2) is 0 Å². The van der Waals surface area contributed by atoms with Crippen LogP contribution in [0.3, 0.4) is 0 Å². The molecule has 2 saturated carbocycles. The summed E-state index contributed by atoms with van der Waals surface area (Å²) >= 11 is 0. The number of hydrogen-bond donors (Lipinski definition) is 1. The molecule has 1 aromatic rings. The molecule has 3 rings (SSSR count). The van der Waals surface area contributed by atoms with Gasteiger partial charge in [0.2, 0.25) is 10.0 Å². The second-order valence-electron chi connectivity index (χ2n) is 7.58. The van der Waals surface area contributed by atoms with Crippen molar-refractivity contribution in [1.29, 1.82) is 0 Å². The van der Waals surface area contributed by atoms with Crippen molar-refractivity contribution in [3.63, 3.8) is 0 Å². The number of rotatable bonds is 7. The van der Waals surface area contributed by atoms with Crippen LogP contribution in [0, 0.1) is 18.3 Å². The second-order valence-corrected chi connectivity index (χ2v) is 9.35. The fourth-order valence-corrected chi connectivity index (χ4v) is 4.89. The molecule has 0 aliphatic heterocycles. The van der Waals surface area contributed by atoms with E-state index in [0.29, 0.717) is 17.6 Å². The Bertz CT molecular complexity index is 799. The third-order valence-corrected chi connectivity index (χ3v) is 7.15. The van der Waals surface area contributed by atoms with Gasteiger partial charge in [-0.1, -0.05) is 19.3 Å². The number of carbonyl (C=O) groups excluding carboxylic acids is 1. The Kier molecular flexibility index (Phi) is 6.23. The lowest BCUT2D eigenvalue weighted by atomic mass is 9.83. The zero-order chi connectivity index (χ0) is 19.4. The Morgan fingerprint density at radius 1 is 1.11 bits per heavy atom. The number of benzene rings is 1. The number of amides is 1. The highest BCUT2D eigenvalue weighted by Crippen LogP contribution is 2.37. The van der Waals surface area contributed by atoms with E-state index in [1.54, 1.807) is 12.1 Å². The Morgan fingerprint density at radius 3 is 2.15 bits per heavy atom. The van der Waals surface area contributed by atoms with Crippen LogP contribution in [0.2, 0.25) is 0 Å². The fourth-order valence-electron chi connectivity index (χ4n) is 3.96. The lowest BCUT2D eigenvalue weighted by Gasteiger charge is -2.37. The standard InChI is InChI=1S/C21H28N2O3S/c1-3-15-22-27(25,26)20-13-7-17(8-14-20)21(24)23(19-11-12-19)18-9-5-16(4-2)6-10-18/h1,7-8,13-14,16,18-19,22H,4-6,9-12,15H2,2H3. The van der Waals surface area contributed by atoms with Crippen molar-refractivity contribution in [3.8, 4) is 12.3 Å². The van der Waals surface area contributed by atoms with Gasteiger partial charge in [-0.15, -0.1) is 6.42 Å². The molecule has 6 heteroatoms. The molecule has 0 heterocycles. The van der Waals surface area contributed by atoms with Crippen LogP contribution in [0.1, 0.15) is 62.2 Å². The smallest absolute Gasteiger partial charge is 0.254 e. The molecule has 146 valence electrons. The fraction of sp³-hybridized carbons (Fsp3) is 0.571. The van der Waals surface area contributed by atoms with E-state index < -0.39 is 10.0 Å². The lowest BCUT2D eigenvalue weighted by Crippen LogP contribution is -2.43. The Hall–Kier alpha value is -1.84. The van der Waals surface area contributed by atoms with Gasteiger partial charge in [-0.3, -0.25) is 4.79 Å². The van der Waals surface area contributed by atoms with Crippen molar-refractivity contribution in [2.75, 3.05) is 6.54 Å². The summed E-state index contributed by atoms with van der Waals surface area (Å²) in [5.41, 5.74) is 0.551. The Balaban J connectivity index is 1.73. The molecule has 0 atom stereocenters. The van der Waals surface area contributed by atoms with Crippen LogP contribution in [0.5, 0.6) is 0 Å². The van der Waals surface area contributed by atoms with Crippen LogP contribution in [0.4, 0.5) is 0 Å². The minimum absolute atomic E-state index is 0.0259. The molecule has 0 bridgehead atoms. The van der Waals surface area contributed by atoms with Gasteiger partial charge in [0.25, 0.3) is 5.91 Å². The Morgan fingerprint density at radius 2 is 1.67 bits per heavy atom. The predicted octanol–water partition coefficient (Wildman–Crippen LogP) is 3.17. The average Bonchev–Trinajstić information content (AvgIpc) is 3.52. The summed E-state index contributed by atoms with van der Waals surface area (Å²) in [7, 11) is -3.64. The summed E-state index contributed by atoms with van der Waals surface area (Å²) in [5, 5.41) is 0. The number of nitrogens with one attached hydrogen (secondary N) is 1. The topological polar surface area (TPSA) is 66.5 Å². The molecule has 2 aliphatic carbocycles. The molecule has 1 N–H and O–H groups in total. The molecule has 27 heavy (non-hydrogen) atoms. The molecule has 0 saturated heterocycles. The summed E-state index contributed by atoms with van der Waals surface area (Å²) < 4.78 is 26.6. The van der Waals surface area contributed by atoms with Crippen molar-refractivity contribution in [2.45, 2.75) is 68.8 Å². The summed E-state index contributed by atoms with van der Waals surface area (Å²) in [6.07, 6.45) is 13.0. The van der Waals surface area contributed by atoms with Gasteiger partial charge in [0, 0.05) is 17.6 Å². The molecular weight excluding hydrogens is 360 g/mol. The first-order valence-corrected chi connectivity index (χ1v) is 11.3. The third kappa shape index (κ3) is 4.72. The highest BCUT2D eigenvalue weighted by atomic mass is 32.2. The highest BCUT2D eigenvalue weighted by molar-refractivity contribution is 7.89. The predicted molar refractivity (Wildman–Crippen MR) is 106 cm³/mol. The quantitative estimate of drug-likeness (QED) is 0.730. The number of terminal acetylenes is 1. The molecule has 5 nitrogen and oxygen atoms in total. The van der Waals surface area contributed by atoms with Gasteiger partial charge in [0.05, 0.1) is 11.4 Å². The maximum atomic E-state index is 13.1. The zero-order valence-corrected chi connectivity index (χ0v) is 16.7. The van der Waals surface area contributed by atoms with Gasteiger partial charge in [-0.25, -0.2) is 8.42 Å². The van der Waals surface area contributed by atoms with Crippen molar-refractivity contribution >= 4 is 15.9 Å². The minimum Gasteiger partial charge on any atom is -0.333 e. The maximum Gasteiger partial charge on any atom is 0.254 e. The monoisotopic (exact) mass is 388 g/mol. The van der Waals surface area contributed by atoms with Gasteiger partial charge in [0.1, 0.15) is 0 Å². The van der Waals surface area contributed by atoms with Gasteiger partial charge < -0.3 is 4.90 Å². The van der Waals surface area contributed by atoms with Crippen LogP contribution in [0.15, 0.2) is 29.2 Å². The first-order chi connectivity index (χ1) is 13.0. The summed E-state index contributed by atoms with van der Waals surface area (Å²) in [4.78, 5) is 15.3. The van der Waals surface area contributed by atoms with Crippen LogP contribution >= 0.6 is 0 Å². The molecule has 1 amide bonds. The molecule has 0 unspecified atom stereocenters. The van der Waals surface area contributed by atoms with E-state index in [0.717, 1.165) is 31.6 Å². The van der Waals surface area contributed by atoms with E-state index >= 15 is 0 Å². The summed E-state index contributed by atoms with van der Waals surface area (Å²) in [5.74, 6) is 3.07. The lowest BCUT2D eigenvalue weighted by molar-refractivity contribution is 0.0587.